The molecule has 1 rings (SSSR count). The molecule has 1 aliphatic rings. The van der Waals surface area contributed by atoms with Crippen LogP contribution >= 0.6 is 22.9 Å². The lowest BCUT2D eigenvalue weighted by molar-refractivity contribution is 0.530. The van der Waals surface area contributed by atoms with E-state index in [-0.39, 0.29) is 0 Å². The second kappa shape index (κ2) is 3.01. The third kappa shape index (κ3) is 1.58. The van der Waals surface area contributed by atoms with Gasteiger partial charge >= 0.3 is 0 Å². The number of hydrogen-bond donors (Lipinski definition) is 0. The molecule has 2 heteroatoms. The molecule has 0 aliphatic carbocycles. The molecule has 0 spiro atoms. The summed E-state index contributed by atoms with van der Waals surface area (Å²) in [4.78, 5) is 0. The van der Waals surface area contributed by atoms with E-state index in [0.717, 1.165) is 5.92 Å². The maximum Gasteiger partial charge on any atom is 0.0201 e. The Morgan fingerprint density at radius 3 is 2.75 bits per heavy atom. The van der Waals surface area contributed by atoms with Gasteiger partial charge in [-0.1, -0.05) is 13.3 Å². The van der Waals surface area contributed by atoms with Gasteiger partial charge in [0.25, 0.3) is 0 Å². The van der Waals surface area contributed by atoms with Crippen molar-refractivity contribution in [2.45, 2.75) is 19.8 Å². The van der Waals surface area contributed by atoms with Crippen molar-refractivity contribution in [3.8, 4) is 0 Å². The summed E-state index contributed by atoms with van der Waals surface area (Å²) in [5, 5.41) is 0. The molecule has 0 saturated carbocycles. The Labute approximate surface area is 64.9 Å². The predicted octanol–water partition coefficient (Wildman–Crippen LogP) is 2.07. The molecule has 0 radical (unpaired) electrons. The van der Waals surface area contributed by atoms with Crippen molar-refractivity contribution >= 4 is 22.9 Å². The summed E-state index contributed by atoms with van der Waals surface area (Å²) in [6.45, 7) is 4.90. The smallest absolute Gasteiger partial charge is 0.0201 e. The summed E-state index contributed by atoms with van der Waals surface area (Å²) in [7, 11) is 0. The van der Waals surface area contributed by atoms with Crippen molar-refractivity contribution in [1.29, 1.82) is 0 Å². The van der Waals surface area contributed by atoms with Crippen molar-refractivity contribution in [1.82, 2.24) is 3.11 Å². The Morgan fingerprint density at radius 1 is 1.75 bits per heavy atom. The maximum atomic E-state index is 2.40. The Balaban J connectivity index is 2.22. The predicted molar refractivity (Wildman–Crippen MR) is 44.0 cm³/mol. The normalized spacial score (nSPS) is 31.5. The summed E-state index contributed by atoms with van der Waals surface area (Å²) in [5.41, 5.74) is 0. The molecule has 1 aliphatic heterocycles. The molecule has 1 atom stereocenters. The largest absolute Gasteiger partial charge is 0.247 e. The first-order valence-corrected chi connectivity index (χ1v) is 4.20. The van der Waals surface area contributed by atoms with Gasteiger partial charge in [0.15, 0.2) is 0 Å². The fourth-order valence-electron chi connectivity index (χ4n) is 1.12. The van der Waals surface area contributed by atoms with Gasteiger partial charge in [0.2, 0.25) is 0 Å². The number of rotatable bonds is 1. The van der Waals surface area contributed by atoms with Gasteiger partial charge in [-0.15, -0.1) is 0 Å². The van der Waals surface area contributed by atoms with E-state index in [1.807, 2.05) is 0 Å². The first-order chi connectivity index (χ1) is 3.83. The summed E-state index contributed by atoms with van der Waals surface area (Å²) >= 11 is 2.40. The van der Waals surface area contributed by atoms with Crippen molar-refractivity contribution < 1.29 is 0 Å². The van der Waals surface area contributed by atoms with Gasteiger partial charge in [-0.05, 0) is 12.3 Å². The van der Waals surface area contributed by atoms with E-state index in [2.05, 4.69) is 32.9 Å². The van der Waals surface area contributed by atoms with Crippen LogP contribution in [-0.2, 0) is 0 Å². The standard InChI is InChI=1S/C6H12IN/c1-2-6-3-4-8(7)5-6/h6H,2-5H2,1H3/t6-/m0/s1. The Kier molecular flexibility index (Phi) is 2.56. The van der Waals surface area contributed by atoms with E-state index in [4.69, 9.17) is 0 Å². The van der Waals surface area contributed by atoms with E-state index in [9.17, 15) is 0 Å². The number of nitrogens with zero attached hydrogens (tertiary/aromatic N) is 1. The lowest BCUT2D eigenvalue weighted by atomic mass is 10.1. The van der Waals surface area contributed by atoms with Crippen LogP contribution in [0.1, 0.15) is 19.8 Å². The Morgan fingerprint density at radius 2 is 2.50 bits per heavy atom. The second-order valence-electron chi connectivity index (χ2n) is 2.43. The van der Waals surface area contributed by atoms with E-state index >= 15 is 0 Å². The van der Waals surface area contributed by atoms with Crippen molar-refractivity contribution in [2.75, 3.05) is 13.1 Å². The highest BCUT2D eigenvalue weighted by Gasteiger charge is 2.17. The minimum absolute atomic E-state index is 0.992. The third-order valence-corrected chi connectivity index (χ3v) is 2.69. The SMILES string of the molecule is CC[C@H]1CCN(I)C1. The lowest BCUT2D eigenvalue weighted by Gasteiger charge is -2.03. The van der Waals surface area contributed by atoms with Gasteiger partial charge in [-0.25, -0.2) is 3.11 Å². The van der Waals surface area contributed by atoms with E-state index in [1.54, 1.807) is 0 Å². The molecule has 1 saturated heterocycles. The second-order valence-corrected chi connectivity index (χ2v) is 3.80. The Bertz CT molecular complexity index is 74.9. The highest BCUT2D eigenvalue weighted by molar-refractivity contribution is 14.1. The van der Waals surface area contributed by atoms with Gasteiger partial charge in [0.05, 0.1) is 0 Å². The lowest BCUT2D eigenvalue weighted by Crippen LogP contribution is -2.05. The van der Waals surface area contributed by atoms with Gasteiger partial charge in [-0.3, -0.25) is 0 Å². The molecule has 0 unspecified atom stereocenters. The summed E-state index contributed by atoms with van der Waals surface area (Å²) < 4.78 is 2.38. The minimum atomic E-state index is 0.992. The zero-order valence-electron chi connectivity index (χ0n) is 5.23. The van der Waals surface area contributed by atoms with Crippen molar-refractivity contribution in [3.05, 3.63) is 0 Å². The maximum absolute atomic E-state index is 2.40. The molecular weight excluding hydrogens is 213 g/mol. The van der Waals surface area contributed by atoms with Gasteiger partial charge in [0, 0.05) is 36.0 Å². The fourth-order valence-corrected chi connectivity index (χ4v) is 1.95. The third-order valence-electron chi connectivity index (χ3n) is 1.81. The molecule has 1 heterocycles. The molecule has 1 nitrogen and oxygen atoms in total. The molecule has 0 amide bonds. The monoisotopic (exact) mass is 225 g/mol. The summed E-state index contributed by atoms with van der Waals surface area (Å²) in [6, 6.07) is 0. The molecule has 48 valence electrons. The van der Waals surface area contributed by atoms with Crippen LogP contribution in [0.5, 0.6) is 0 Å². The van der Waals surface area contributed by atoms with Crippen molar-refractivity contribution in [2.24, 2.45) is 5.92 Å². The zero-order valence-corrected chi connectivity index (χ0v) is 7.39. The number of hydrogen-bond acceptors (Lipinski definition) is 1. The van der Waals surface area contributed by atoms with Gasteiger partial charge in [-0.2, -0.15) is 0 Å². The van der Waals surface area contributed by atoms with Crippen LogP contribution < -0.4 is 0 Å². The van der Waals surface area contributed by atoms with Gasteiger partial charge in [0.1, 0.15) is 0 Å². The van der Waals surface area contributed by atoms with Crippen LogP contribution in [0.2, 0.25) is 0 Å². The fraction of sp³-hybridized carbons (Fsp3) is 1.00. The average Bonchev–Trinajstić information content (AvgIpc) is 2.14. The van der Waals surface area contributed by atoms with Crippen LogP contribution in [0.3, 0.4) is 0 Å². The molecule has 1 fully saturated rings. The van der Waals surface area contributed by atoms with Crippen molar-refractivity contribution in [3.63, 3.8) is 0 Å². The molecule has 0 aromatic rings. The van der Waals surface area contributed by atoms with Crippen LogP contribution in [0.15, 0.2) is 0 Å². The summed E-state index contributed by atoms with van der Waals surface area (Å²) in [5.74, 6) is 0.992. The quantitative estimate of drug-likeness (QED) is 0.487. The van der Waals surface area contributed by atoms with Crippen LogP contribution in [-0.4, -0.2) is 16.2 Å². The van der Waals surface area contributed by atoms with E-state index in [1.165, 1.54) is 25.9 Å². The van der Waals surface area contributed by atoms with Crippen LogP contribution in [0, 0.1) is 5.92 Å². The first-order valence-electron chi connectivity index (χ1n) is 3.23. The molecule has 0 N–H and O–H groups in total. The molecule has 0 bridgehead atoms. The zero-order chi connectivity index (χ0) is 5.98. The summed E-state index contributed by atoms with van der Waals surface area (Å²) in [6.07, 6.45) is 2.78. The topological polar surface area (TPSA) is 3.24 Å². The Hall–Kier alpha value is 0.690. The van der Waals surface area contributed by atoms with Crippen LogP contribution in [0.25, 0.3) is 0 Å². The average molecular weight is 225 g/mol. The van der Waals surface area contributed by atoms with Gasteiger partial charge < -0.3 is 0 Å². The van der Waals surface area contributed by atoms with E-state index < -0.39 is 0 Å². The molecule has 0 aromatic carbocycles. The highest BCUT2D eigenvalue weighted by atomic mass is 127. The van der Waals surface area contributed by atoms with E-state index in [0.29, 0.717) is 0 Å². The number of halogens is 1. The molecule has 0 aromatic heterocycles. The van der Waals surface area contributed by atoms with Crippen LogP contribution in [0.4, 0.5) is 0 Å². The highest BCUT2D eigenvalue weighted by Crippen LogP contribution is 2.21. The minimum Gasteiger partial charge on any atom is -0.247 e. The first kappa shape index (κ1) is 6.81. The molecule has 8 heavy (non-hydrogen) atoms. The molecular formula is C6H12IN.